The Balaban J connectivity index is 2.65. The van der Waals surface area contributed by atoms with E-state index in [9.17, 15) is 27.2 Å². The fourth-order valence-corrected chi connectivity index (χ4v) is 3.75. The van der Waals surface area contributed by atoms with Crippen LogP contribution in [0.5, 0.6) is 0 Å². The summed E-state index contributed by atoms with van der Waals surface area (Å²) in [4.78, 5) is 24.8. The van der Waals surface area contributed by atoms with Gasteiger partial charge in [-0.05, 0) is 19.4 Å². The van der Waals surface area contributed by atoms with E-state index in [1.165, 1.54) is 12.1 Å². The lowest BCUT2D eigenvalue weighted by Gasteiger charge is -2.37. The number of esters is 1. The Morgan fingerprint density at radius 1 is 1.29 bits per heavy atom. The predicted molar refractivity (Wildman–Crippen MR) is 110 cm³/mol. The summed E-state index contributed by atoms with van der Waals surface area (Å²) in [5.41, 5.74) is -5.03. The molecule has 11 heteroatoms. The molecule has 2 radical (unpaired) electrons. The van der Waals surface area contributed by atoms with Gasteiger partial charge >= 0.3 is 12.1 Å². The van der Waals surface area contributed by atoms with Crippen LogP contribution in [0.3, 0.4) is 0 Å². The van der Waals surface area contributed by atoms with E-state index in [0.717, 1.165) is 44.9 Å². The van der Waals surface area contributed by atoms with Gasteiger partial charge in [-0.3, -0.25) is 10.1 Å². The van der Waals surface area contributed by atoms with Gasteiger partial charge in [0.1, 0.15) is 13.5 Å². The predicted octanol–water partition coefficient (Wildman–Crippen LogP) is 1.70. The molecule has 31 heavy (non-hydrogen) atoms. The Morgan fingerprint density at radius 2 is 1.90 bits per heavy atom. The smallest absolute Gasteiger partial charge is 0.422 e. The molecule has 1 aromatic rings. The zero-order valence-electron chi connectivity index (χ0n) is 17.1. The van der Waals surface area contributed by atoms with Gasteiger partial charge in [0.2, 0.25) is 11.4 Å². The van der Waals surface area contributed by atoms with Crippen LogP contribution in [-0.2, 0) is 19.9 Å². The van der Waals surface area contributed by atoms with Crippen LogP contribution in [0.2, 0.25) is 0 Å². The molecule has 5 nitrogen and oxygen atoms in total. The summed E-state index contributed by atoms with van der Waals surface area (Å²) in [5, 5.41) is 3.37. The number of carbonyl (C=O) groups is 2. The molecule has 1 aliphatic heterocycles. The lowest BCUT2D eigenvalue weighted by Crippen LogP contribution is -2.62. The van der Waals surface area contributed by atoms with E-state index >= 15 is 0 Å². The normalized spacial score (nSPS) is 25.1. The third-order valence-electron chi connectivity index (χ3n) is 4.45. The summed E-state index contributed by atoms with van der Waals surface area (Å²) >= 11 is 0.796. The van der Waals surface area contributed by atoms with Crippen LogP contribution in [0, 0.1) is 11.8 Å². The molecule has 1 aromatic carbocycles. The third-order valence-corrected chi connectivity index (χ3v) is 5.41. The molecule has 1 heterocycles. The van der Waals surface area contributed by atoms with Crippen LogP contribution >= 0.6 is 11.8 Å². The Kier molecular flexibility index (Phi) is 7.71. The number of rotatable bonds is 4. The highest BCUT2D eigenvalue weighted by molar-refractivity contribution is 8.00. The highest BCUT2D eigenvalue weighted by Crippen LogP contribution is 2.40. The molecule has 0 aromatic heterocycles. The number of carbonyl (C=O) groups excluding carboxylic acids is 2. The van der Waals surface area contributed by atoms with Crippen LogP contribution in [0.4, 0.5) is 17.6 Å². The summed E-state index contributed by atoms with van der Waals surface area (Å²) in [6.07, 6.45) is -5.58. The number of nitrogens with one attached hydrogen (secondary N) is 2. The molecule has 0 saturated carbocycles. The van der Waals surface area contributed by atoms with Crippen molar-refractivity contribution >= 4 is 36.9 Å². The van der Waals surface area contributed by atoms with Gasteiger partial charge in [0.05, 0.1) is 18.9 Å². The monoisotopic (exact) mass is 456 g/mol. The van der Waals surface area contributed by atoms with Crippen molar-refractivity contribution in [2.24, 2.45) is 0 Å². The fraction of sp³-hybridized carbons (Fsp3) is 0.500. The van der Waals surface area contributed by atoms with Crippen LogP contribution < -0.4 is 16.1 Å². The number of thioether (sulfide) groups is 1. The number of methoxy groups -OCH3 is 1. The second-order valence-electron chi connectivity index (χ2n) is 7.51. The van der Waals surface area contributed by atoms with Gasteiger partial charge < -0.3 is 10.1 Å². The van der Waals surface area contributed by atoms with Crippen molar-refractivity contribution in [2.45, 2.75) is 49.1 Å². The number of alkyl halides is 4. The number of hydrogen-bond acceptors (Lipinski definition) is 5. The van der Waals surface area contributed by atoms with Crippen LogP contribution in [0.15, 0.2) is 24.3 Å². The molecule has 3 atom stereocenters. The van der Waals surface area contributed by atoms with Crippen LogP contribution in [0.25, 0.3) is 0 Å². The summed E-state index contributed by atoms with van der Waals surface area (Å²) < 4.78 is 62.3. The minimum absolute atomic E-state index is 0.201. The van der Waals surface area contributed by atoms with E-state index in [-0.39, 0.29) is 16.8 Å². The maximum atomic E-state index is 14.4. The summed E-state index contributed by atoms with van der Waals surface area (Å²) in [5.74, 6) is 2.62. The maximum Gasteiger partial charge on any atom is 0.422 e. The zero-order chi connectivity index (χ0) is 23.4. The molecule has 0 bridgehead atoms. The lowest BCUT2D eigenvalue weighted by atomic mass is 9.84. The minimum Gasteiger partial charge on any atom is -0.467 e. The lowest BCUT2D eigenvalue weighted by molar-refractivity contribution is -0.185. The third kappa shape index (κ3) is 6.17. The number of hydrogen-bond donors (Lipinski definition) is 2. The summed E-state index contributed by atoms with van der Waals surface area (Å²) in [7, 11) is 6.71. The van der Waals surface area contributed by atoms with E-state index in [4.69, 9.17) is 7.85 Å². The standard InChI is InChI=1S/C20H21BF4N2O3S/c1-18(2,22)11-14-15(28)26-16(17(29)30-3)31-10-4-9-19(27-14,20(23,24)25)12-5-7-13(21)8-6-12/h5-8,14,16,27H,10-11H2,1-3H3,(H,26,28)/t14-,16?,19-/m0/s1. The summed E-state index contributed by atoms with van der Waals surface area (Å²) in [6.45, 7) is 2.27. The van der Waals surface area contributed by atoms with Crippen LogP contribution in [-0.4, -0.2) is 55.8 Å². The quantitative estimate of drug-likeness (QED) is 0.313. The van der Waals surface area contributed by atoms with Crippen molar-refractivity contribution in [3.05, 3.63) is 29.8 Å². The first-order valence-corrected chi connectivity index (χ1v) is 10.2. The molecule has 1 aliphatic rings. The molecule has 166 valence electrons. The highest BCUT2D eigenvalue weighted by Gasteiger charge is 2.57. The molecular formula is C20H21BF4N2O3S. The average Bonchev–Trinajstić information content (AvgIpc) is 2.66. The largest absolute Gasteiger partial charge is 0.467 e. The van der Waals surface area contributed by atoms with Crippen molar-refractivity contribution in [1.29, 1.82) is 0 Å². The second kappa shape index (κ2) is 9.53. The van der Waals surface area contributed by atoms with Gasteiger partial charge in [-0.1, -0.05) is 41.6 Å². The van der Waals surface area contributed by atoms with E-state index in [1.807, 2.05) is 0 Å². The maximum absolute atomic E-state index is 14.4. The van der Waals surface area contributed by atoms with Crippen molar-refractivity contribution < 1.29 is 31.9 Å². The van der Waals surface area contributed by atoms with Crippen molar-refractivity contribution in [3.8, 4) is 11.8 Å². The molecule has 1 amide bonds. The Labute approximate surface area is 183 Å². The second-order valence-corrected chi connectivity index (χ2v) is 8.61. The molecule has 2 rings (SSSR count). The first-order chi connectivity index (χ1) is 14.3. The molecule has 0 spiro atoms. The van der Waals surface area contributed by atoms with Gasteiger partial charge in [-0.2, -0.15) is 13.2 Å². The summed E-state index contributed by atoms with van der Waals surface area (Å²) in [6, 6.07) is 3.19. The molecule has 0 fully saturated rings. The van der Waals surface area contributed by atoms with Gasteiger partial charge in [0.15, 0.2) is 5.37 Å². The minimum atomic E-state index is -4.97. The van der Waals surface area contributed by atoms with E-state index in [0.29, 0.717) is 0 Å². The van der Waals surface area contributed by atoms with E-state index in [1.54, 1.807) is 0 Å². The molecule has 0 saturated heterocycles. The molecule has 1 unspecified atom stereocenters. The Morgan fingerprint density at radius 3 is 2.42 bits per heavy atom. The fourth-order valence-electron chi connectivity index (χ4n) is 3.00. The zero-order valence-corrected chi connectivity index (χ0v) is 17.9. The van der Waals surface area contributed by atoms with Crippen molar-refractivity contribution in [3.63, 3.8) is 0 Å². The van der Waals surface area contributed by atoms with Gasteiger partial charge in [0.25, 0.3) is 0 Å². The van der Waals surface area contributed by atoms with Crippen molar-refractivity contribution in [2.75, 3.05) is 12.9 Å². The molecule has 2 N–H and O–H groups in total. The highest BCUT2D eigenvalue weighted by atomic mass is 32.2. The van der Waals surface area contributed by atoms with E-state index in [2.05, 4.69) is 27.2 Å². The van der Waals surface area contributed by atoms with Gasteiger partial charge in [0, 0.05) is 6.42 Å². The van der Waals surface area contributed by atoms with Gasteiger partial charge in [-0.15, -0.1) is 11.8 Å². The number of halogens is 4. The number of amides is 1. The topological polar surface area (TPSA) is 67.4 Å². The molecule has 0 aliphatic carbocycles. The SMILES string of the molecule is [B]c1ccc([C@]2(C(F)(F)F)C#CCSC(C(=O)OC)NC(=O)[C@H](CC(C)(C)F)N2)cc1. The van der Waals surface area contributed by atoms with Crippen LogP contribution in [0.1, 0.15) is 25.8 Å². The Hall–Kier alpha value is -2.19. The first kappa shape index (κ1) is 25.1. The number of ether oxygens (including phenoxy) is 1. The number of benzene rings is 1. The Bertz CT molecular complexity index is 878. The molecular weight excluding hydrogens is 435 g/mol. The van der Waals surface area contributed by atoms with Crippen molar-refractivity contribution in [1.82, 2.24) is 10.6 Å². The van der Waals surface area contributed by atoms with E-state index < -0.39 is 47.1 Å². The average molecular weight is 456 g/mol. The first-order valence-electron chi connectivity index (χ1n) is 9.18. The van der Waals surface area contributed by atoms with Gasteiger partial charge in [-0.25, -0.2) is 9.18 Å².